The van der Waals surface area contributed by atoms with Crippen molar-refractivity contribution in [1.82, 2.24) is 0 Å². The highest BCUT2D eigenvalue weighted by Crippen LogP contribution is 2.61. The summed E-state index contributed by atoms with van der Waals surface area (Å²) in [5, 5.41) is 10.3. The van der Waals surface area contributed by atoms with Crippen molar-refractivity contribution in [3.63, 3.8) is 0 Å². The van der Waals surface area contributed by atoms with Crippen LogP contribution < -0.4 is 4.90 Å². The van der Waals surface area contributed by atoms with Gasteiger partial charge in [0.05, 0.1) is 5.54 Å². The Labute approximate surface area is 381 Å². The summed E-state index contributed by atoms with van der Waals surface area (Å²) in [6, 6.07) is 79.8. The van der Waals surface area contributed by atoms with Gasteiger partial charge in [0.15, 0.2) is 0 Å². The minimum absolute atomic E-state index is 0.00862. The highest BCUT2D eigenvalue weighted by molar-refractivity contribution is 6.32. The average molecular weight is 832 g/mol. The zero-order valence-electron chi connectivity index (χ0n) is 37.0. The van der Waals surface area contributed by atoms with Gasteiger partial charge in [-0.25, -0.2) is 0 Å². The van der Waals surface area contributed by atoms with E-state index in [-0.39, 0.29) is 11.0 Å². The summed E-state index contributed by atoms with van der Waals surface area (Å²) in [5.41, 5.74) is 16.7. The number of rotatable bonds is 6. The van der Waals surface area contributed by atoms with Crippen LogP contribution in [0, 0.1) is 0 Å². The Balaban J connectivity index is 1.06. The highest BCUT2D eigenvalue weighted by Gasteiger charge is 2.57. The molecule has 0 bridgehead atoms. The first-order valence-electron chi connectivity index (χ1n) is 23.5. The fraction of sp³-hybridized carbons (Fsp3) is 0.125. The summed E-state index contributed by atoms with van der Waals surface area (Å²) in [7, 11) is 0. The van der Waals surface area contributed by atoms with E-state index in [0.717, 1.165) is 0 Å². The molecule has 2 unspecified atom stereocenters. The number of para-hydroxylation sites is 1. The second-order valence-corrected chi connectivity index (χ2v) is 19.0. The van der Waals surface area contributed by atoms with Crippen molar-refractivity contribution >= 4 is 54.5 Å². The topological polar surface area (TPSA) is 3.24 Å². The molecule has 1 saturated carbocycles. The lowest BCUT2D eigenvalue weighted by Gasteiger charge is -2.50. The van der Waals surface area contributed by atoms with E-state index in [2.05, 4.69) is 231 Å². The number of hydrogen-bond donors (Lipinski definition) is 0. The van der Waals surface area contributed by atoms with Crippen LogP contribution in [0.1, 0.15) is 45.1 Å². The van der Waals surface area contributed by atoms with Gasteiger partial charge in [0.2, 0.25) is 0 Å². The smallest absolute Gasteiger partial charge is 0.0517 e. The molecular weight excluding hydrogens is 783 g/mol. The molecule has 2 aliphatic rings. The molecule has 1 heteroatoms. The van der Waals surface area contributed by atoms with E-state index < -0.39 is 0 Å². The summed E-state index contributed by atoms with van der Waals surface area (Å²) in [4.78, 5) is 2.68. The van der Waals surface area contributed by atoms with Crippen LogP contribution in [-0.4, -0.2) is 5.54 Å². The number of hydrogen-bond acceptors (Lipinski definition) is 1. The molecule has 0 radical (unpaired) electrons. The average Bonchev–Trinajstić information content (AvgIpc) is 3.58. The lowest BCUT2D eigenvalue weighted by atomic mass is 9.61. The third-order valence-electron chi connectivity index (χ3n) is 15.8. The van der Waals surface area contributed by atoms with Gasteiger partial charge < -0.3 is 4.90 Å². The number of anilines is 2. The van der Waals surface area contributed by atoms with Gasteiger partial charge in [-0.1, -0.05) is 196 Å². The molecule has 11 aromatic rings. The van der Waals surface area contributed by atoms with E-state index in [0.29, 0.717) is 0 Å². The second kappa shape index (κ2) is 14.5. The van der Waals surface area contributed by atoms with Gasteiger partial charge in [-0.05, 0) is 160 Å². The standard InChI is InChI=1S/C64H49N/c1-63-37-15-16-38-64(63,2)65(46-25-13-6-14-26-46)60-36-31-45(39-59(60)63)47-27-17-29-49-48(47)28-18-30-50(49)58-41-57(44-23-11-5-12-24-44)53-33-32-51-55(42-19-7-3-8-20-42)40-56(43-21-9-4-10-22-43)52-34-35-54(58)62(53)61(51)52/h3-14,17-36,39-41H,15-16,37-38H2,1-2H3. The van der Waals surface area contributed by atoms with Crippen LogP contribution in [0.2, 0.25) is 0 Å². The first kappa shape index (κ1) is 38.0. The van der Waals surface area contributed by atoms with Gasteiger partial charge in [0.1, 0.15) is 0 Å². The Morgan fingerprint density at radius 1 is 0.338 bits per heavy atom. The Hall–Kier alpha value is -7.48. The normalized spacial score (nSPS) is 18.2. The predicted molar refractivity (Wildman–Crippen MR) is 278 cm³/mol. The van der Waals surface area contributed by atoms with Crippen LogP contribution in [-0.2, 0) is 5.41 Å². The lowest BCUT2D eigenvalue weighted by Crippen LogP contribution is -2.54. The molecule has 0 spiro atoms. The minimum Gasteiger partial charge on any atom is -0.334 e. The maximum absolute atomic E-state index is 2.68. The number of nitrogens with zero attached hydrogens (tertiary/aromatic N) is 1. The fourth-order valence-corrected chi connectivity index (χ4v) is 12.5. The van der Waals surface area contributed by atoms with Crippen LogP contribution in [0.25, 0.3) is 98.7 Å². The molecule has 1 heterocycles. The number of fused-ring (bicyclic) bond motifs is 4. The zero-order valence-corrected chi connectivity index (χ0v) is 37.0. The summed E-state index contributed by atoms with van der Waals surface area (Å²) in [6.45, 7) is 5.07. The zero-order chi connectivity index (χ0) is 43.3. The first-order chi connectivity index (χ1) is 32.0. The molecule has 1 fully saturated rings. The molecule has 0 amide bonds. The number of benzene rings is 11. The van der Waals surface area contributed by atoms with Crippen LogP contribution in [0.15, 0.2) is 212 Å². The maximum atomic E-state index is 2.68. The highest BCUT2D eigenvalue weighted by atomic mass is 15.3. The third kappa shape index (κ3) is 5.58. The van der Waals surface area contributed by atoms with Crippen molar-refractivity contribution in [2.24, 2.45) is 0 Å². The Morgan fingerprint density at radius 2 is 0.800 bits per heavy atom. The van der Waals surface area contributed by atoms with Crippen molar-refractivity contribution in [2.75, 3.05) is 4.90 Å². The molecule has 2 atom stereocenters. The summed E-state index contributed by atoms with van der Waals surface area (Å²) < 4.78 is 0. The van der Waals surface area contributed by atoms with Crippen LogP contribution >= 0.6 is 0 Å². The predicted octanol–water partition coefficient (Wildman–Crippen LogP) is 17.8. The van der Waals surface area contributed by atoms with Crippen LogP contribution in [0.3, 0.4) is 0 Å². The summed E-state index contributed by atoms with van der Waals surface area (Å²) in [5.74, 6) is 0. The molecular formula is C64H49N. The van der Waals surface area contributed by atoms with Crippen LogP contribution in [0.5, 0.6) is 0 Å². The monoisotopic (exact) mass is 831 g/mol. The van der Waals surface area contributed by atoms with E-state index in [1.807, 2.05) is 0 Å². The minimum atomic E-state index is 0.00862. The Bertz CT molecular complexity index is 3550. The quantitative estimate of drug-likeness (QED) is 0.151. The lowest BCUT2D eigenvalue weighted by molar-refractivity contribution is 0.195. The summed E-state index contributed by atoms with van der Waals surface area (Å²) in [6.07, 6.45) is 4.91. The van der Waals surface area contributed by atoms with Gasteiger partial charge in [-0.2, -0.15) is 0 Å². The molecule has 310 valence electrons. The molecule has 65 heavy (non-hydrogen) atoms. The van der Waals surface area contributed by atoms with Crippen LogP contribution in [0.4, 0.5) is 11.4 Å². The molecule has 1 nitrogen and oxygen atoms in total. The van der Waals surface area contributed by atoms with Gasteiger partial charge >= 0.3 is 0 Å². The molecule has 13 rings (SSSR count). The first-order valence-corrected chi connectivity index (χ1v) is 23.5. The van der Waals surface area contributed by atoms with Crippen molar-refractivity contribution in [3.05, 3.63) is 218 Å². The van der Waals surface area contributed by atoms with Crippen molar-refractivity contribution in [1.29, 1.82) is 0 Å². The van der Waals surface area contributed by atoms with E-state index in [4.69, 9.17) is 0 Å². The van der Waals surface area contributed by atoms with Crippen molar-refractivity contribution < 1.29 is 0 Å². The van der Waals surface area contributed by atoms with Gasteiger partial charge in [0.25, 0.3) is 0 Å². The molecule has 0 saturated heterocycles. The van der Waals surface area contributed by atoms with E-state index in [1.54, 1.807) is 0 Å². The van der Waals surface area contributed by atoms with Gasteiger partial charge in [-0.15, -0.1) is 0 Å². The van der Waals surface area contributed by atoms with E-state index in [1.165, 1.54) is 141 Å². The molecule has 0 aromatic heterocycles. The molecule has 0 N–H and O–H groups in total. The third-order valence-corrected chi connectivity index (χ3v) is 15.8. The fourth-order valence-electron chi connectivity index (χ4n) is 12.5. The molecule has 11 aromatic carbocycles. The molecule has 1 aliphatic carbocycles. The van der Waals surface area contributed by atoms with E-state index in [9.17, 15) is 0 Å². The Kier molecular flexibility index (Phi) is 8.50. The van der Waals surface area contributed by atoms with Crippen molar-refractivity contribution in [3.8, 4) is 55.6 Å². The van der Waals surface area contributed by atoms with Crippen molar-refractivity contribution in [2.45, 2.75) is 50.5 Å². The summed E-state index contributed by atoms with van der Waals surface area (Å²) >= 11 is 0. The largest absolute Gasteiger partial charge is 0.334 e. The van der Waals surface area contributed by atoms with Gasteiger partial charge in [0, 0.05) is 16.8 Å². The second-order valence-electron chi connectivity index (χ2n) is 19.0. The molecule has 1 aliphatic heterocycles. The maximum Gasteiger partial charge on any atom is 0.0517 e. The Morgan fingerprint density at radius 3 is 1.35 bits per heavy atom. The SMILES string of the molecule is CC12CCCCC1(C)N(c1ccccc1)c1ccc(-c3cccc4c(-c5cc(-c6ccccc6)c6ccc7c(-c8ccccc8)cc(-c8ccccc8)c8ccc5c6c78)cccc34)cc12. The van der Waals surface area contributed by atoms with Gasteiger partial charge in [-0.3, -0.25) is 0 Å². The van der Waals surface area contributed by atoms with E-state index >= 15 is 0 Å².